The minimum absolute atomic E-state index is 0.246. The van der Waals surface area contributed by atoms with Crippen LogP contribution < -0.4 is 4.90 Å². The Morgan fingerprint density at radius 1 is 1.09 bits per heavy atom. The van der Waals surface area contributed by atoms with E-state index < -0.39 is 11.5 Å². The molecule has 4 nitrogen and oxygen atoms in total. The minimum Gasteiger partial charge on any atom is -0.375 e. The maximum atomic E-state index is 12.6. The van der Waals surface area contributed by atoms with E-state index in [1.165, 1.54) is 4.90 Å². The molecule has 1 atom stereocenters. The fraction of sp³-hybridized carbons (Fsp3) is 0.222. The monoisotopic (exact) mass is 295 g/mol. The summed E-state index contributed by atoms with van der Waals surface area (Å²) in [4.78, 5) is 26.6. The number of nitrogens with zero attached hydrogens (tertiary/aromatic N) is 1. The van der Waals surface area contributed by atoms with Gasteiger partial charge in [-0.1, -0.05) is 48.5 Å². The number of rotatable bonds is 4. The van der Waals surface area contributed by atoms with E-state index in [9.17, 15) is 14.7 Å². The van der Waals surface area contributed by atoms with Gasteiger partial charge < -0.3 is 10.0 Å². The van der Waals surface area contributed by atoms with Gasteiger partial charge in [-0.15, -0.1) is 0 Å². The number of likely N-dealkylation sites (N-methyl/N-ethyl adjacent to an activating group) is 1. The van der Waals surface area contributed by atoms with Crippen molar-refractivity contribution in [2.75, 3.05) is 11.4 Å². The molecule has 22 heavy (non-hydrogen) atoms. The number of Topliss-reactive ketones (excluding diaryl/α,β-unsaturated/α-hetero) is 1. The molecule has 0 saturated heterocycles. The van der Waals surface area contributed by atoms with Crippen LogP contribution in [0.3, 0.4) is 0 Å². The summed E-state index contributed by atoms with van der Waals surface area (Å²) in [6.45, 7) is 2.30. The van der Waals surface area contributed by atoms with E-state index in [1.54, 1.807) is 42.5 Å². The number of para-hydroxylation sites is 1. The number of hydrogen-bond donors (Lipinski definition) is 1. The van der Waals surface area contributed by atoms with Gasteiger partial charge in [0.25, 0.3) is 5.91 Å². The average molecular weight is 295 g/mol. The number of carbonyl (C=O) groups is 2. The summed E-state index contributed by atoms with van der Waals surface area (Å²) in [5, 5.41) is 10.9. The van der Waals surface area contributed by atoms with E-state index >= 15 is 0 Å². The molecule has 0 aliphatic carbocycles. The molecule has 1 unspecified atom stereocenters. The smallest absolute Gasteiger partial charge is 0.264 e. The first-order chi connectivity index (χ1) is 10.6. The van der Waals surface area contributed by atoms with Crippen molar-refractivity contribution >= 4 is 17.4 Å². The maximum absolute atomic E-state index is 12.6. The standard InChI is InChI=1S/C18H17NO3/c1-2-19-15-11-7-6-10-14(15)18(22,17(19)21)12-16(20)13-8-4-3-5-9-13/h3-11,22H,2,12H2,1H3. The predicted molar refractivity (Wildman–Crippen MR) is 83.8 cm³/mol. The third-order valence-electron chi connectivity index (χ3n) is 4.07. The van der Waals surface area contributed by atoms with E-state index in [1.807, 2.05) is 19.1 Å². The highest BCUT2D eigenvalue weighted by Crippen LogP contribution is 2.42. The number of carbonyl (C=O) groups excluding carboxylic acids is 2. The van der Waals surface area contributed by atoms with Crippen molar-refractivity contribution in [1.29, 1.82) is 0 Å². The van der Waals surface area contributed by atoms with Gasteiger partial charge in [-0.2, -0.15) is 0 Å². The Balaban J connectivity index is 1.99. The lowest BCUT2D eigenvalue weighted by Gasteiger charge is -2.22. The molecule has 0 saturated carbocycles. The maximum Gasteiger partial charge on any atom is 0.264 e. The van der Waals surface area contributed by atoms with E-state index in [0.29, 0.717) is 23.4 Å². The first kappa shape index (κ1) is 14.5. The summed E-state index contributed by atoms with van der Waals surface area (Å²) in [5.74, 6) is -0.676. The van der Waals surface area contributed by atoms with Crippen LogP contribution in [0.15, 0.2) is 54.6 Å². The van der Waals surface area contributed by atoms with Gasteiger partial charge in [0, 0.05) is 17.7 Å². The van der Waals surface area contributed by atoms with Gasteiger partial charge in [0.1, 0.15) is 0 Å². The Morgan fingerprint density at radius 2 is 1.73 bits per heavy atom. The molecule has 3 rings (SSSR count). The topological polar surface area (TPSA) is 57.6 Å². The van der Waals surface area contributed by atoms with Crippen molar-refractivity contribution in [3.8, 4) is 0 Å². The van der Waals surface area contributed by atoms with Crippen molar-refractivity contribution in [1.82, 2.24) is 0 Å². The summed E-state index contributed by atoms with van der Waals surface area (Å²) in [6.07, 6.45) is -0.247. The molecule has 2 aromatic carbocycles. The predicted octanol–water partition coefficient (Wildman–Crippen LogP) is 2.51. The van der Waals surface area contributed by atoms with E-state index in [-0.39, 0.29) is 12.2 Å². The van der Waals surface area contributed by atoms with Crippen molar-refractivity contribution in [3.63, 3.8) is 0 Å². The van der Waals surface area contributed by atoms with Crippen LogP contribution >= 0.6 is 0 Å². The molecule has 1 aliphatic heterocycles. The summed E-state index contributed by atoms with van der Waals surface area (Å²) in [7, 11) is 0. The Bertz CT molecular complexity index is 726. The normalized spacial score (nSPS) is 20.1. The number of hydrogen-bond acceptors (Lipinski definition) is 3. The average Bonchev–Trinajstić information content (AvgIpc) is 2.76. The van der Waals surface area contributed by atoms with Crippen LogP contribution in [0, 0.1) is 0 Å². The first-order valence-corrected chi connectivity index (χ1v) is 7.30. The fourth-order valence-electron chi connectivity index (χ4n) is 2.95. The summed E-state index contributed by atoms with van der Waals surface area (Å²) < 4.78 is 0. The number of benzene rings is 2. The lowest BCUT2D eigenvalue weighted by atomic mass is 9.88. The number of amides is 1. The highest BCUT2D eigenvalue weighted by atomic mass is 16.3. The van der Waals surface area contributed by atoms with Crippen molar-refractivity contribution in [3.05, 3.63) is 65.7 Å². The molecule has 1 N–H and O–H groups in total. The van der Waals surface area contributed by atoms with Gasteiger partial charge >= 0.3 is 0 Å². The van der Waals surface area contributed by atoms with Crippen molar-refractivity contribution in [2.24, 2.45) is 0 Å². The Labute approximate surface area is 129 Å². The zero-order chi connectivity index (χ0) is 15.7. The van der Waals surface area contributed by atoms with Gasteiger partial charge in [-0.05, 0) is 13.0 Å². The largest absolute Gasteiger partial charge is 0.375 e. The van der Waals surface area contributed by atoms with E-state index in [2.05, 4.69) is 0 Å². The molecule has 0 spiro atoms. The van der Waals surface area contributed by atoms with Gasteiger partial charge in [-0.3, -0.25) is 9.59 Å². The van der Waals surface area contributed by atoms with Gasteiger partial charge in [-0.25, -0.2) is 0 Å². The lowest BCUT2D eigenvalue weighted by Crippen LogP contribution is -2.41. The second-order valence-corrected chi connectivity index (χ2v) is 5.39. The number of ketones is 1. The molecule has 1 heterocycles. The van der Waals surface area contributed by atoms with Gasteiger partial charge in [0.15, 0.2) is 11.4 Å². The minimum atomic E-state index is -1.78. The molecule has 1 amide bonds. The zero-order valence-electron chi connectivity index (χ0n) is 12.3. The summed E-state index contributed by atoms with van der Waals surface area (Å²) >= 11 is 0. The van der Waals surface area contributed by atoms with Crippen molar-refractivity contribution < 1.29 is 14.7 Å². The molecule has 0 radical (unpaired) electrons. The second kappa shape index (κ2) is 5.39. The first-order valence-electron chi connectivity index (χ1n) is 7.30. The van der Waals surface area contributed by atoms with E-state index in [0.717, 1.165) is 0 Å². The molecule has 2 aromatic rings. The lowest BCUT2D eigenvalue weighted by molar-refractivity contribution is -0.135. The highest BCUT2D eigenvalue weighted by Gasteiger charge is 2.50. The molecule has 0 bridgehead atoms. The molecular weight excluding hydrogens is 278 g/mol. The Morgan fingerprint density at radius 3 is 2.41 bits per heavy atom. The molecule has 0 aromatic heterocycles. The van der Waals surface area contributed by atoms with Crippen LogP contribution in [0.2, 0.25) is 0 Å². The third-order valence-corrected chi connectivity index (χ3v) is 4.07. The van der Waals surface area contributed by atoms with E-state index in [4.69, 9.17) is 0 Å². The SMILES string of the molecule is CCN1C(=O)C(O)(CC(=O)c2ccccc2)c2ccccc21. The van der Waals surface area contributed by atoms with Gasteiger partial charge in [0.05, 0.1) is 12.1 Å². The van der Waals surface area contributed by atoms with Crippen LogP contribution in [0.1, 0.15) is 29.3 Å². The summed E-state index contributed by atoms with van der Waals surface area (Å²) in [6, 6.07) is 15.8. The second-order valence-electron chi connectivity index (χ2n) is 5.39. The fourth-order valence-corrected chi connectivity index (χ4v) is 2.95. The number of aliphatic hydroxyl groups is 1. The molecular formula is C18H17NO3. The van der Waals surface area contributed by atoms with Crippen LogP contribution in [-0.2, 0) is 10.4 Å². The number of fused-ring (bicyclic) bond motifs is 1. The van der Waals surface area contributed by atoms with Crippen LogP contribution in [0.25, 0.3) is 0 Å². The quantitative estimate of drug-likeness (QED) is 0.882. The van der Waals surface area contributed by atoms with Crippen molar-refractivity contribution in [2.45, 2.75) is 18.9 Å². The van der Waals surface area contributed by atoms with Crippen LogP contribution in [0.5, 0.6) is 0 Å². The van der Waals surface area contributed by atoms with Crippen LogP contribution in [-0.4, -0.2) is 23.3 Å². The molecule has 4 heteroatoms. The van der Waals surface area contributed by atoms with Gasteiger partial charge in [0.2, 0.25) is 0 Å². The zero-order valence-corrected chi connectivity index (χ0v) is 12.3. The molecule has 1 aliphatic rings. The molecule has 0 fully saturated rings. The Kier molecular flexibility index (Phi) is 3.54. The Hall–Kier alpha value is -2.46. The molecule has 112 valence electrons. The highest BCUT2D eigenvalue weighted by molar-refractivity contribution is 6.10. The van der Waals surface area contributed by atoms with Crippen LogP contribution in [0.4, 0.5) is 5.69 Å². The summed E-state index contributed by atoms with van der Waals surface area (Å²) in [5.41, 5.74) is -0.0971. The third kappa shape index (κ3) is 2.12. The number of anilines is 1.